The summed E-state index contributed by atoms with van der Waals surface area (Å²) in [5.74, 6) is -0.980. The van der Waals surface area contributed by atoms with Gasteiger partial charge < -0.3 is 19.1 Å². The number of nitro groups is 1. The fraction of sp³-hybridized carbons (Fsp3) is 0.579. The number of amides is 1. The number of carbonyl (C=O) groups excluding carboxylic acids is 2. The summed E-state index contributed by atoms with van der Waals surface area (Å²) in [5, 5.41) is 11.3. The van der Waals surface area contributed by atoms with Crippen LogP contribution in [-0.4, -0.2) is 55.1 Å². The molecule has 1 amide bonds. The Kier molecular flexibility index (Phi) is 7.60. The van der Waals surface area contributed by atoms with E-state index in [9.17, 15) is 19.7 Å². The van der Waals surface area contributed by atoms with Gasteiger partial charge in [-0.05, 0) is 19.8 Å². The summed E-state index contributed by atoms with van der Waals surface area (Å²) in [5.41, 5.74) is -0.772. The van der Waals surface area contributed by atoms with Crippen LogP contribution in [0.5, 0.6) is 11.5 Å². The molecule has 0 bridgehead atoms. The van der Waals surface area contributed by atoms with Gasteiger partial charge in [-0.25, -0.2) is 4.79 Å². The Morgan fingerprint density at radius 1 is 1.14 bits per heavy atom. The van der Waals surface area contributed by atoms with Gasteiger partial charge in [-0.15, -0.1) is 0 Å². The third kappa shape index (κ3) is 4.90. The molecule has 0 saturated heterocycles. The average Bonchev–Trinajstić information content (AvgIpc) is 2.72. The quantitative estimate of drug-likeness (QED) is 0.379. The van der Waals surface area contributed by atoms with Crippen molar-refractivity contribution in [2.45, 2.75) is 45.1 Å². The van der Waals surface area contributed by atoms with E-state index in [0.29, 0.717) is 6.54 Å². The molecular formula is C19H26N2O7. The fourth-order valence-corrected chi connectivity index (χ4v) is 3.50. The van der Waals surface area contributed by atoms with Gasteiger partial charge >= 0.3 is 5.97 Å². The summed E-state index contributed by atoms with van der Waals surface area (Å²) in [6.07, 6.45) is 5.20. The minimum absolute atomic E-state index is 0.122. The molecule has 9 nitrogen and oxygen atoms in total. The SMILES string of the molecule is CCN(C(=O)COC(=O)c1cc(OC)c(OC)cc1[N+](=O)[O-])C1CCCCC1. The van der Waals surface area contributed by atoms with Crippen molar-refractivity contribution in [3.8, 4) is 11.5 Å². The molecular weight excluding hydrogens is 368 g/mol. The zero-order chi connectivity index (χ0) is 20.7. The van der Waals surface area contributed by atoms with Crippen molar-refractivity contribution in [2.24, 2.45) is 0 Å². The Labute approximate surface area is 163 Å². The van der Waals surface area contributed by atoms with Crippen LogP contribution in [-0.2, 0) is 9.53 Å². The molecule has 0 aliphatic heterocycles. The lowest BCUT2D eigenvalue weighted by atomic mass is 9.94. The molecule has 0 radical (unpaired) electrons. The van der Waals surface area contributed by atoms with E-state index in [4.69, 9.17) is 14.2 Å². The average molecular weight is 394 g/mol. The van der Waals surface area contributed by atoms with Crippen molar-refractivity contribution in [2.75, 3.05) is 27.4 Å². The highest BCUT2D eigenvalue weighted by Crippen LogP contribution is 2.34. The molecule has 9 heteroatoms. The van der Waals surface area contributed by atoms with Gasteiger partial charge in [0.1, 0.15) is 5.56 Å². The van der Waals surface area contributed by atoms with Crippen molar-refractivity contribution in [3.05, 3.63) is 27.8 Å². The highest BCUT2D eigenvalue weighted by atomic mass is 16.6. The molecule has 1 aromatic carbocycles. The first-order chi connectivity index (χ1) is 13.4. The molecule has 0 aromatic heterocycles. The van der Waals surface area contributed by atoms with E-state index in [0.717, 1.165) is 31.7 Å². The zero-order valence-corrected chi connectivity index (χ0v) is 16.4. The van der Waals surface area contributed by atoms with Gasteiger partial charge in [0.2, 0.25) is 0 Å². The summed E-state index contributed by atoms with van der Waals surface area (Å²) in [6, 6.07) is 2.43. The molecule has 1 aliphatic rings. The van der Waals surface area contributed by atoms with Crippen LogP contribution in [0.15, 0.2) is 12.1 Å². The Morgan fingerprint density at radius 3 is 2.29 bits per heavy atom. The molecule has 1 saturated carbocycles. The summed E-state index contributed by atoms with van der Waals surface area (Å²) < 4.78 is 15.2. The first-order valence-electron chi connectivity index (χ1n) is 9.29. The molecule has 0 unspecified atom stereocenters. The van der Waals surface area contributed by atoms with Crippen LogP contribution in [0, 0.1) is 10.1 Å². The first kappa shape index (κ1) is 21.5. The molecule has 1 aromatic rings. The van der Waals surface area contributed by atoms with Gasteiger partial charge in [0.05, 0.1) is 25.2 Å². The molecule has 0 atom stereocenters. The van der Waals surface area contributed by atoms with Crippen molar-refractivity contribution in [1.82, 2.24) is 4.90 Å². The number of likely N-dealkylation sites (N-methyl/N-ethyl adjacent to an activating group) is 1. The van der Waals surface area contributed by atoms with Crippen LogP contribution in [0.25, 0.3) is 0 Å². The number of methoxy groups -OCH3 is 2. The molecule has 1 fully saturated rings. The summed E-state index contributed by atoms with van der Waals surface area (Å²) in [4.78, 5) is 37.3. The Hall–Kier alpha value is -2.84. The lowest BCUT2D eigenvalue weighted by molar-refractivity contribution is -0.385. The van der Waals surface area contributed by atoms with E-state index >= 15 is 0 Å². The van der Waals surface area contributed by atoms with Crippen LogP contribution in [0.3, 0.4) is 0 Å². The Morgan fingerprint density at radius 2 is 1.75 bits per heavy atom. The molecule has 0 heterocycles. The Balaban J connectivity index is 2.13. The van der Waals surface area contributed by atoms with Crippen LogP contribution >= 0.6 is 0 Å². The van der Waals surface area contributed by atoms with E-state index in [1.54, 1.807) is 4.90 Å². The summed E-state index contributed by atoms with van der Waals surface area (Å²) >= 11 is 0. The number of nitrogens with zero attached hydrogens (tertiary/aromatic N) is 2. The number of ether oxygens (including phenoxy) is 3. The van der Waals surface area contributed by atoms with Crippen molar-refractivity contribution in [1.29, 1.82) is 0 Å². The summed E-state index contributed by atoms with van der Waals surface area (Å²) in [6.45, 7) is 1.94. The van der Waals surface area contributed by atoms with E-state index < -0.39 is 23.2 Å². The second kappa shape index (κ2) is 9.91. The van der Waals surface area contributed by atoms with Gasteiger partial charge in [0.15, 0.2) is 18.1 Å². The lowest BCUT2D eigenvalue weighted by Gasteiger charge is -2.33. The first-order valence-corrected chi connectivity index (χ1v) is 9.29. The van der Waals surface area contributed by atoms with Crippen LogP contribution in [0.4, 0.5) is 5.69 Å². The van der Waals surface area contributed by atoms with Crippen molar-refractivity contribution in [3.63, 3.8) is 0 Å². The van der Waals surface area contributed by atoms with Gasteiger partial charge in [-0.2, -0.15) is 0 Å². The smallest absolute Gasteiger partial charge is 0.345 e. The maximum atomic E-state index is 12.5. The monoisotopic (exact) mass is 394 g/mol. The second-order valence-corrected chi connectivity index (χ2v) is 6.53. The van der Waals surface area contributed by atoms with Crippen LogP contribution < -0.4 is 9.47 Å². The van der Waals surface area contributed by atoms with E-state index in [1.165, 1.54) is 26.7 Å². The number of hydrogen-bond donors (Lipinski definition) is 0. The normalized spacial score (nSPS) is 14.2. The number of rotatable bonds is 8. The molecule has 1 aliphatic carbocycles. The van der Waals surface area contributed by atoms with Gasteiger partial charge in [0, 0.05) is 18.7 Å². The van der Waals surface area contributed by atoms with Crippen molar-refractivity contribution >= 4 is 17.6 Å². The minimum atomic E-state index is -0.958. The standard InChI is InChI=1S/C19H26N2O7/c1-4-20(13-8-6-5-7-9-13)18(22)12-28-19(23)14-10-16(26-2)17(27-3)11-15(14)21(24)25/h10-11,13H,4-9,12H2,1-3H3. The second-order valence-electron chi connectivity index (χ2n) is 6.53. The maximum Gasteiger partial charge on any atom is 0.345 e. The third-order valence-electron chi connectivity index (χ3n) is 4.92. The van der Waals surface area contributed by atoms with E-state index in [-0.39, 0.29) is 29.0 Å². The van der Waals surface area contributed by atoms with Gasteiger partial charge in [0.25, 0.3) is 11.6 Å². The zero-order valence-electron chi connectivity index (χ0n) is 16.4. The maximum absolute atomic E-state index is 12.5. The highest BCUT2D eigenvalue weighted by molar-refractivity contribution is 5.96. The number of nitro benzene ring substituents is 1. The topological polar surface area (TPSA) is 108 Å². The molecule has 0 spiro atoms. The number of benzene rings is 1. The number of carbonyl (C=O) groups is 2. The Bertz CT molecular complexity index is 729. The largest absolute Gasteiger partial charge is 0.493 e. The summed E-state index contributed by atoms with van der Waals surface area (Å²) in [7, 11) is 2.69. The van der Waals surface area contributed by atoms with Crippen molar-refractivity contribution < 1.29 is 28.7 Å². The highest BCUT2D eigenvalue weighted by Gasteiger charge is 2.28. The third-order valence-corrected chi connectivity index (χ3v) is 4.92. The predicted molar refractivity (Wildman–Crippen MR) is 101 cm³/mol. The minimum Gasteiger partial charge on any atom is -0.493 e. The number of esters is 1. The van der Waals surface area contributed by atoms with E-state index in [2.05, 4.69) is 0 Å². The van der Waals surface area contributed by atoms with Gasteiger partial charge in [-0.1, -0.05) is 19.3 Å². The molecule has 154 valence electrons. The van der Waals surface area contributed by atoms with Crippen LogP contribution in [0.1, 0.15) is 49.4 Å². The molecule has 0 N–H and O–H groups in total. The van der Waals surface area contributed by atoms with Crippen LogP contribution in [0.2, 0.25) is 0 Å². The predicted octanol–water partition coefficient (Wildman–Crippen LogP) is 2.95. The van der Waals surface area contributed by atoms with E-state index in [1.807, 2.05) is 6.92 Å². The fourth-order valence-electron chi connectivity index (χ4n) is 3.50. The molecule has 28 heavy (non-hydrogen) atoms. The molecule has 2 rings (SSSR count). The van der Waals surface area contributed by atoms with Gasteiger partial charge in [-0.3, -0.25) is 14.9 Å². The number of hydrogen-bond acceptors (Lipinski definition) is 7. The lowest BCUT2D eigenvalue weighted by Crippen LogP contribution is -2.43.